The summed E-state index contributed by atoms with van der Waals surface area (Å²) in [5.74, 6) is 0.850. The Morgan fingerprint density at radius 2 is 2.17 bits per heavy atom. The molecule has 0 N–H and O–H groups in total. The molecule has 0 spiro atoms. The molecule has 1 fully saturated rings. The Labute approximate surface area is 75.1 Å². The van der Waals surface area contributed by atoms with E-state index in [1.54, 1.807) is 0 Å². The first-order chi connectivity index (χ1) is 5.77. The fraction of sp³-hybridized carbons (Fsp3) is 0.455. The van der Waals surface area contributed by atoms with E-state index in [0.29, 0.717) is 0 Å². The Hall–Kier alpha value is -0.980. The van der Waals surface area contributed by atoms with E-state index >= 15 is 0 Å². The van der Waals surface area contributed by atoms with Crippen LogP contribution in [0.2, 0.25) is 0 Å². The van der Waals surface area contributed by atoms with Gasteiger partial charge in [0.1, 0.15) is 0 Å². The molecule has 1 aliphatic heterocycles. The van der Waals surface area contributed by atoms with Gasteiger partial charge in [0.2, 0.25) is 0 Å². The van der Waals surface area contributed by atoms with E-state index in [1.165, 1.54) is 18.8 Å². The fourth-order valence-corrected chi connectivity index (χ4v) is 1.47. The van der Waals surface area contributed by atoms with Crippen molar-refractivity contribution in [3.63, 3.8) is 0 Å². The molecule has 0 bridgehead atoms. The second-order valence-electron chi connectivity index (χ2n) is 3.34. The number of nitrogens with zero attached hydrogens (tertiary/aromatic N) is 1. The van der Waals surface area contributed by atoms with Crippen LogP contribution in [0.3, 0.4) is 0 Å². The summed E-state index contributed by atoms with van der Waals surface area (Å²) >= 11 is 0. The summed E-state index contributed by atoms with van der Waals surface area (Å²) in [4.78, 5) is 2.37. The molecule has 0 amide bonds. The topological polar surface area (TPSA) is 3.24 Å². The first-order valence-electron chi connectivity index (χ1n) is 4.48. The third-order valence-electron chi connectivity index (χ3n) is 2.06. The van der Waals surface area contributed by atoms with E-state index in [1.807, 2.05) is 13.0 Å². The Bertz CT molecular complexity index is 207. The van der Waals surface area contributed by atoms with Gasteiger partial charge in [0.15, 0.2) is 0 Å². The van der Waals surface area contributed by atoms with Crippen molar-refractivity contribution in [1.82, 2.24) is 4.90 Å². The number of rotatable bonds is 3. The molecule has 1 heterocycles. The van der Waals surface area contributed by atoms with Crippen molar-refractivity contribution in [3.8, 4) is 0 Å². The molecule has 1 rings (SSSR count). The van der Waals surface area contributed by atoms with E-state index in [4.69, 9.17) is 0 Å². The first kappa shape index (κ1) is 9.11. The van der Waals surface area contributed by atoms with Gasteiger partial charge in [-0.1, -0.05) is 25.7 Å². The lowest BCUT2D eigenvalue weighted by atomic mass is 10.0. The summed E-state index contributed by atoms with van der Waals surface area (Å²) in [6, 6.07) is 0. The minimum atomic E-state index is 0.850. The highest BCUT2D eigenvalue weighted by atomic mass is 15.2. The molecule has 0 unspecified atom stereocenters. The van der Waals surface area contributed by atoms with Crippen LogP contribution in [0.5, 0.6) is 0 Å². The smallest absolute Gasteiger partial charge is 0.0362 e. The summed E-state index contributed by atoms with van der Waals surface area (Å²) in [5, 5.41) is 0. The van der Waals surface area contributed by atoms with E-state index < -0.39 is 0 Å². The third kappa shape index (κ3) is 2.00. The highest BCUT2D eigenvalue weighted by Crippen LogP contribution is 2.20. The predicted octanol–water partition coefficient (Wildman–Crippen LogP) is 2.58. The number of likely N-dealkylation sites (tertiary alicyclic amines) is 1. The average molecular weight is 163 g/mol. The Balaban J connectivity index is 2.55. The van der Waals surface area contributed by atoms with Gasteiger partial charge in [-0.15, -0.1) is 0 Å². The summed E-state index contributed by atoms with van der Waals surface area (Å²) in [5.41, 5.74) is 1.28. The van der Waals surface area contributed by atoms with Gasteiger partial charge in [0, 0.05) is 18.8 Å². The molecular formula is C11H17N. The average Bonchev–Trinajstić information content (AvgIpc) is 1.99. The molecule has 0 atom stereocenters. The maximum Gasteiger partial charge on any atom is 0.0362 e. The Morgan fingerprint density at radius 1 is 1.50 bits per heavy atom. The van der Waals surface area contributed by atoms with E-state index in [2.05, 4.69) is 36.6 Å². The minimum Gasteiger partial charge on any atom is -0.371 e. The van der Waals surface area contributed by atoms with Gasteiger partial charge in [0.05, 0.1) is 0 Å². The molecular weight excluding hydrogens is 146 g/mol. The third-order valence-corrected chi connectivity index (χ3v) is 2.06. The molecule has 1 saturated heterocycles. The molecule has 0 aromatic carbocycles. The Morgan fingerprint density at radius 3 is 2.58 bits per heavy atom. The molecule has 1 aliphatic rings. The van der Waals surface area contributed by atoms with E-state index in [0.717, 1.165) is 5.92 Å². The molecule has 0 aromatic heterocycles. The van der Waals surface area contributed by atoms with Crippen molar-refractivity contribution in [1.29, 1.82) is 0 Å². The Kier molecular flexibility index (Phi) is 3.15. The highest BCUT2D eigenvalue weighted by molar-refractivity contribution is 5.23. The van der Waals surface area contributed by atoms with Crippen LogP contribution in [-0.2, 0) is 0 Å². The monoisotopic (exact) mass is 163 g/mol. The van der Waals surface area contributed by atoms with Crippen LogP contribution in [-0.4, -0.2) is 18.0 Å². The van der Waals surface area contributed by atoms with Crippen LogP contribution < -0.4 is 0 Å². The van der Waals surface area contributed by atoms with Crippen molar-refractivity contribution in [2.24, 2.45) is 5.92 Å². The molecule has 1 nitrogen and oxygen atoms in total. The SMILES string of the molecule is C=C/C=C(\C=C/C)N1CC(C)C1. The zero-order chi connectivity index (χ0) is 8.97. The zero-order valence-electron chi connectivity index (χ0n) is 7.96. The van der Waals surface area contributed by atoms with Gasteiger partial charge in [-0.2, -0.15) is 0 Å². The van der Waals surface area contributed by atoms with Crippen LogP contribution in [0.1, 0.15) is 13.8 Å². The van der Waals surface area contributed by atoms with E-state index in [-0.39, 0.29) is 0 Å². The van der Waals surface area contributed by atoms with Crippen molar-refractivity contribution >= 4 is 0 Å². The van der Waals surface area contributed by atoms with Crippen molar-refractivity contribution in [2.45, 2.75) is 13.8 Å². The minimum absolute atomic E-state index is 0.850. The second-order valence-corrected chi connectivity index (χ2v) is 3.34. The molecule has 12 heavy (non-hydrogen) atoms. The standard InChI is InChI=1S/C11H17N/c1-4-6-11(7-5-2)12-8-10(3)9-12/h4-7,10H,1,8-9H2,2-3H3/b7-5-,11-6+. The maximum atomic E-state index is 3.71. The first-order valence-corrected chi connectivity index (χ1v) is 4.48. The van der Waals surface area contributed by atoms with Crippen LogP contribution in [0.25, 0.3) is 0 Å². The van der Waals surface area contributed by atoms with Gasteiger partial charge in [0.25, 0.3) is 0 Å². The number of allylic oxidation sites excluding steroid dienone is 4. The van der Waals surface area contributed by atoms with Crippen LogP contribution in [0.4, 0.5) is 0 Å². The summed E-state index contributed by atoms with van der Waals surface area (Å²) in [6.45, 7) is 10.4. The van der Waals surface area contributed by atoms with Crippen molar-refractivity contribution in [3.05, 3.63) is 36.6 Å². The number of hydrogen-bond donors (Lipinski definition) is 0. The molecule has 0 aromatic rings. The van der Waals surface area contributed by atoms with Crippen molar-refractivity contribution < 1.29 is 0 Å². The predicted molar refractivity (Wildman–Crippen MR) is 53.8 cm³/mol. The molecule has 0 aliphatic carbocycles. The van der Waals surface area contributed by atoms with Crippen LogP contribution in [0.15, 0.2) is 36.6 Å². The number of hydrogen-bond acceptors (Lipinski definition) is 1. The van der Waals surface area contributed by atoms with Crippen LogP contribution in [0, 0.1) is 5.92 Å². The molecule has 66 valence electrons. The van der Waals surface area contributed by atoms with Gasteiger partial charge in [-0.25, -0.2) is 0 Å². The summed E-state index contributed by atoms with van der Waals surface area (Å²) in [7, 11) is 0. The largest absolute Gasteiger partial charge is 0.371 e. The molecule has 1 heteroatoms. The zero-order valence-corrected chi connectivity index (χ0v) is 7.96. The van der Waals surface area contributed by atoms with Crippen LogP contribution >= 0.6 is 0 Å². The second kappa shape index (κ2) is 4.15. The lowest BCUT2D eigenvalue weighted by Crippen LogP contribution is -2.43. The summed E-state index contributed by atoms with van der Waals surface area (Å²) < 4.78 is 0. The lowest BCUT2D eigenvalue weighted by Gasteiger charge is -2.39. The molecule has 0 saturated carbocycles. The maximum absolute atomic E-state index is 3.71. The summed E-state index contributed by atoms with van der Waals surface area (Å²) in [6.07, 6.45) is 8.11. The highest BCUT2D eigenvalue weighted by Gasteiger charge is 2.22. The quantitative estimate of drug-likeness (QED) is 0.578. The lowest BCUT2D eigenvalue weighted by molar-refractivity contribution is 0.164. The molecule has 0 radical (unpaired) electrons. The van der Waals surface area contributed by atoms with Gasteiger partial charge in [-0.3, -0.25) is 0 Å². The van der Waals surface area contributed by atoms with E-state index in [9.17, 15) is 0 Å². The van der Waals surface area contributed by atoms with Gasteiger partial charge >= 0.3 is 0 Å². The normalized spacial score (nSPS) is 19.8. The van der Waals surface area contributed by atoms with Gasteiger partial charge in [-0.05, 0) is 25.0 Å². The van der Waals surface area contributed by atoms with Gasteiger partial charge < -0.3 is 4.90 Å². The fourth-order valence-electron chi connectivity index (χ4n) is 1.47. The van der Waals surface area contributed by atoms with Crippen molar-refractivity contribution in [2.75, 3.05) is 13.1 Å².